The fourth-order valence-electron chi connectivity index (χ4n) is 18.9. The summed E-state index contributed by atoms with van der Waals surface area (Å²) >= 11 is 0. The molecule has 23 rings (SSSR count). The van der Waals surface area contributed by atoms with Crippen molar-refractivity contribution < 1.29 is 9.47 Å². The van der Waals surface area contributed by atoms with Crippen LogP contribution in [0.4, 0.5) is 0 Å². The van der Waals surface area contributed by atoms with E-state index in [0.29, 0.717) is 11.6 Å². The van der Waals surface area contributed by atoms with E-state index in [-0.39, 0.29) is 0 Å². The Balaban J connectivity index is 0.625. The van der Waals surface area contributed by atoms with Gasteiger partial charge in [-0.15, -0.1) is 0 Å². The molecule has 2 spiro atoms. The van der Waals surface area contributed by atoms with E-state index in [0.717, 1.165) is 151 Å². The van der Waals surface area contributed by atoms with Gasteiger partial charge in [0.1, 0.15) is 23.0 Å². The van der Waals surface area contributed by atoms with Crippen molar-refractivity contribution in [2.24, 2.45) is 0 Å². The Morgan fingerprint density at radius 1 is 0.167 bits per heavy atom. The van der Waals surface area contributed by atoms with Gasteiger partial charge >= 0.3 is 0 Å². The summed E-state index contributed by atoms with van der Waals surface area (Å²) in [5.41, 5.74) is 31.1. The highest BCUT2D eigenvalue weighted by Gasteiger charge is 2.53. The quantitative estimate of drug-likeness (QED) is 0.136. The van der Waals surface area contributed by atoms with Crippen molar-refractivity contribution in [3.63, 3.8) is 0 Å². The summed E-state index contributed by atoms with van der Waals surface area (Å²) in [7, 11) is 0. The van der Waals surface area contributed by atoms with E-state index in [2.05, 4.69) is 376 Å². The zero-order valence-electron chi connectivity index (χ0n) is 61.7. The Bertz CT molecular complexity index is 7110. The van der Waals surface area contributed by atoms with Gasteiger partial charge in [-0.3, -0.25) is 0 Å². The lowest BCUT2D eigenvalue weighted by Gasteiger charge is -2.39. The zero-order chi connectivity index (χ0) is 75.0. The second-order valence-corrected chi connectivity index (χ2v) is 30.1. The number of fused-ring (bicyclic) bond motifs is 20. The molecule has 1 unspecified atom stereocenters. The van der Waals surface area contributed by atoms with Gasteiger partial charge in [-0.1, -0.05) is 334 Å². The van der Waals surface area contributed by atoms with Gasteiger partial charge in [-0.25, -0.2) is 19.9 Å². The van der Waals surface area contributed by atoms with E-state index in [1.807, 2.05) is 24.3 Å². The Hall–Kier alpha value is -15.0. The first-order valence-corrected chi connectivity index (χ1v) is 39.0. The molecule has 17 aromatic carbocycles. The third-order valence-corrected chi connectivity index (χ3v) is 24.1. The van der Waals surface area contributed by atoms with E-state index in [4.69, 9.17) is 29.4 Å². The average Bonchev–Trinajstić information content (AvgIpc) is 1.50. The van der Waals surface area contributed by atoms with E-state index in [1.165, 1.54) is 61.0 Å². The second-order valence-electron chi connectivity index (χ2n) is 30.1. The molecule has 0 fully saturated rings. The van der Waals surface area contributed by atoms with Crippen molar-refractivity contribution in [2.75, 3.05) is 0 Å². The van der Waals surface area contributed by atoms with Crippen LogP contribution in [-0.2, 0) is 10.8 Å². The first-order chi connectivity index (χ1) is 56.5. The summed E-state index contributed by atoms with van der Waals surface area (Å²) in [4.78, 5) is 21.6. The number of benzene rings is 17. The van der Waals surface area contributed by atoms with Crippen molar-refractivity contribution in [1.29, 1.82) is 0 Å². The lowest BCUT2D eigenvalue weighted by atomic mass is 9.65. The maximum Gasteiger partial charge on any atom is 0.160 e. The van der Waals surface area contributed by atoms with Crippen LogP contribution in [0.5, 0.6) is 23.0 Å². The Kier molecular flexibility index (Phi) is 14.7. The normalized spacial score (nSPS) is 14.0. The molecule has 6 heteroatoms. The van der Waals surface area contributed by atoms with Gasteiger partial charge in [0.2, 0.25) is 0 Å². The molecule has 2 aliphatic carbocycles. The minimum absolute atomic E-state index is 0.572. The minimum atomic E-state index is -0.769. The number of rotatable bonds is 10. The fourth-order valence-corrected chi connectivity index (χ4v) is 18.9. The third-order valence-electron chi connectivity index (χ3n) is 24.1. The van der Waals surface area contributed by atoms with Crippen LogP contribution in [0.3, 0.4) is 0 Å². The predicted octanol–water partition coefficient (Wildman–Crippen LogP) is 27.2. The smallest absolute Gasteiger partial charge is 0.160 e. The molecule has 0 saturated heterocycles. The molecule has 0 bridgehead atoms. The van der Waals surface area contributed by atoms with Crippen LogP contribution in [0.25, 0.3) is 156 Å². The van der Waals surface area contributed by atoms with Crippen LogP contribution < -0.4 is 9.47 Å². The van der Waals surface area contributed by atoms with Crippen LogP contribution >= 0.6 is 0 Å². The number of hydrogen-bond donors (Lipinski definition) is 0. The number of aromatic nitrogens is 4. The van der Waals surface area contributed by atoms with Gasteiger partial charge in [0.15, 0.2) is 11.6 Å². The molecule has 114 heavy (non-hydrogen) atoms. The first-order valence-electron chi connectivity index (χ1n) is 39.0. The van der Waals surface area contributed by atoms with Crippen molar-refractivity contribution in [2.45, 2.75) is 10.8 Å². The van der Waals surface area contributed by atoms with Crippen LogP contribution in [0.2, 0.25) is 0 Å². The summed E-state index contributed by atoms with van der Waals surface area (Å²) in [6.07, 6.45) is 0. The average molecular weight is 1450 g/mol. The monoisotopic (exact) mass is 1450 g/mol. The van der Waals surface area contributed by atoms with Crippen molar-refractivity contribution in [3.8, 4) is 158 Å². The predicted molar refractivity (Wildman–Crippen MR) is 462 cm³/mol. The molecule has 0 saturated carbocycles. The maximum absolute atomic E-state index is 7.08. The minimum Gasteiger partial charge on any atom is -0.457 e. The molecule has 530 valence electrons. The largest absolute Gasteiger partial charge is 0.457 e. The summed E-state index contributed by atoms with van der Waals surface area (Å²) in [6.45, 7) is 0. The molecule has 19 aromatic rings. The highest BCUT2D eigenvalue weighted by molar-refractivity contribution is 6.06. The highest BCUT2D eigenvalue weighted by atomic mass is 16.5. The van der Waals surface area contributed by atoms with Crippen LogP contribution in [-0.4, -0.2) is 19.9 Å². The number of hydrogen-bond acceptors (Lipinski definition) is 6. The number of ether oxygens (including phenoxy) is 2. The van der Waals surface area contributed by atoms with Gasteiger partial charge in [0.25, 0.3) is 0 Å². The van der Waals surface area contributed by atoms with E-state index in [1.54, 1.807) is 0 Å². The van der Waals surface area contributed by atoms with E-state index < -0.39 is 10.8 Å². The van der Waals surface area contributed by atoms with Gasteiger partial charge in [-0.2, -0.15) is 0 Å². The topological polar surface area (TPSA) is 70.0 Å². The summed E-state index contributed by atoms with van der Waals surface area (Å²) in [6, 6.07) is 144. The second kappa shape index (κ2) is 25.8. The molecule has 0 amide bonds. The number of nitrogens with zero attached hydrogens (tertiary/aromatic N) is 4. The number of para-hydroxylation sites is 2. The highest BCUT2D eigenvalue weighted by Crippen LogP contribution is 2.65. The Morgan fingerprint density at radius 2 is 0.509 bits per heavy atom. The van der Waals surface area contributed by atoms with Gasteiger partial charge in [-0.05, 0) is 177 Å². The molecule has 4 aliphatic rings. The maximum atomic E-state index is 7.08. The third kappa shape index (κ3) is 10.1. The molecule has 0 radical (unpaired) electrons. The van der Waals surface area contributed by atoms with Gasteiger partial charge in [0.05, 0.1) is 33.6 Å². The summed E-state index contributed by atoms with van der Waals surface area (Å²) < 4.78 is 13.9. The molecule has 0 N–H and O–H groups in total. The van der Waals surface area contributed by atoms with Gasteiger partial charge in [0, 0.05) is 55.6 Å². The van der Waals surface area contributed by atoms with Crippen molar-refractivity contribution in [3.05, 3.63) is 445 Å². The van der Waals surface area contributed by atoms with Crippen molar-refractivity contribution in [1.82, 2.24) is 19.9 Å². The van der Waals surface area contributed by atoms with E-state index in [9.17, 15) is 0 Å². The molecule has 6 nitrogen and oxygen atoms in total. The Labute approximate surface area is 660 Å². The molecule has 1 atom stereocenters. The molecular weight excluding hydrogens is 1390 g/mol. The van der Waals surface area contributed by atoms with Crippen LogP contribution in [0, 0.1) is 0 Å². The van der Waals surface area contributed by atoms with Crippen LogP contribution in [0.1, 0.15) is 44.5 Å². The van der Waals surface area contributed by atoms with E-state index >= 15 is 0 Å². The molecule has 2 aliphatic heterocycles. The fraction of sp³-hybridized carbons (Fsp3) is 0.0185. The Morgan fingerprint density at radius 3 is 1.04 bits per heavy atom. The molecule has 2 aromatic heterocycles. The summed E-state index contributed by atoms with van der Waals surface area (Å²) in [5, 5.41) is 4.51. The molecular formula is C108H66N4O2. The van der Waals surface area contributed by atoms with Gasteiger partial charge < -0.3 is 9.47 Å². The zero-order valence-corrected chi connectivity index (χ0v) is 61.7. The summed E-state index contributed by atoms with van der Waals surface area (Å²) in [5.74, 6) is 4.71. The standard InChI is InChI=1S/C108H66N4O2/c1-4-24-69(25-5-1)80-56-57-87(82-33-13-12-32-81(80)82)99-65-97(109-105(111-99)72-26-6-2-7-27-72)70-48-44-68(45-49-70)75-54-59-104-96(64-75)108(93-41-21-23-43-102(93)114-104)91-39-19-16-36-85(91)86-55-52-76(62-94(86)108)78-60-77-30-10-11-31-79(77)88(61-78)100-66-98(110-106(112-100)73-28-8-3-9-29-73)71-50-46-67(47-51-71)74-53-58-103-95(63-74)107(92-40-20-22-42-101(92)113-103)89-37-17-14-34-83(89)84-35-15-18-38-90(84)107/h1-66H. The lowest BCUT2D eigenvalue weighted by Crippen LogP contribution is -2.32. The SMILES string of the molecule is c1ccc(-c2nc(-c3ccc(-c4ccc5c(c4)C4(c6ccccc6O5)c5ccccc5-c5ccccc54)cc3)cc(-c3cc(-c4ccc5c(c4)C4(c6ccccc6Oc6ccc(-c7ccc(-c8cc(-c9ccc(-c%10ccccc%10)c%10ccccc9%10)nc(-c9ccccc9)n8)cc7)cc64)c4ccccc4-5)cc4ccccc34)n2)cc1. The van der Waals surface area contributed by atoms with Crippen molar-refractivity contribution >= 4 is 21.5 Å². The van der Waals surface area contributed by atoms with Crippen LogP contribution in [0.15, 0.2) is 400 Å². The lowest BCUT2D eigenvalue weighted by molar-refractivity contribution is 0.436. The molecule has 4 heterocycles. The first kappa shape index (κ1) is 65.0.